The second kappa shape index (κ2) is 9.93. The van der Waals surface area contributed by atoms with Crippen molar-refractivity contribution in [3.05, 3.63) is 48.3 Å². The molecular weight excluding hydrogens is 320 g/mol. The Kier molecular flexibility index (Phi) is 7.55. The van der Waals surface area contributed by atoms with Gasteiger partial charge < -0.3 is 9.47 Å². The summed E-state index contributed by atoms with van der Waals surface area (Å²) in [7, 11) is 1.88. The normalized spacial score (nSPS) is 11.1. The third-order valence-electron chi connectivity index (χ3n) is 3.56. The zero-order valence-electron chi connectivity index (χ0n) is 14.3. The van der Waals surface area contributed by atoms with E-state index in [0.717, 1.165) is 30.1 Å². The Hall–Kier alpha value is -2.08. The van der Waals surface area contributed by atoms with Crippen molar-refractivity contribution in [2.45, 2.75) is 24.9 Å². The molecular formula is C18H24N4OS. The molecule has 1 heterocycles. The van der Waals surface area contributed by atoms with Gasteiger partial charge in [-0.3, -0.25) is 4.79 Å². The van der Waals surface area contributed by atoms with Crippen LogP contribution in [0.15, 0.2) is 47.9 Å². The summed E-state index contributed by atoms with van der Waals surface area (Å²) < 4.78 is 1.82. The van der Waals surface area contributed by atoms with Gasteiger partial charge in [0.1, 0.15) is 6.33 Å². The lowest BCUT2D eigenvalue weighted by atomic mass is 10.2. The lowest BCUT2D eigenvalue weighted by molar-refractivity contribution is -0.127. The van der Waals surface area contributed by atoms with Gasteiger partial charge in [0.2, 0.25) is 5.91 Å². The van der Waals surface area contributed by atoms with Crippen molar-refractivity contribution in [3.8, 4) is 0 Å². The first-order valence-electron chi connectivity index (χ1n) is 8.17. The predicted molar refractivity (Wildman–Crippen MR) is 98.7 cm³/mol. The molecule has 0 radical (unpaired) electrons. The molecule has 0 saturated heterocycles. The highest BCUT2D eigenvalue weighted by atomic mass is 32.2. The van der Waals surface area contributed by atoms with Gasteiger partial charge in [0.05, 0.1) is 5.75 Å². The van der Waals surface area contributed by atoms with E-state index in [4.69, 9.17) is 0 Å². The Morgan fingerprint density at radius 1 is 1.33 bits per heavy atom. The van der Waals surface area contributed by atoms with E-state index in [1.165, 1.54) is 11.8 Å². The summed E-state index contributed by atoms with van der Waals surface area (Å²) in [4.78, 5) is 14.4. The first-order valence-corrected chi connectivity index (χ1v) is 9.15. The van der Waals surface area contributed by atoms with E-state index in [9.17, 15) is 4.79 Å². The van der Waals surface area contributed by atoms with Crippen LogP contribution in [0.4, 0.5) is 0 Å². The summed E-state index contributed by atoms with van der Waals surface area (Å²) in [5, 5.41) is 8.60. The van der Waals surface area contributed by atoms with Crippen LogP contribution in [0, 0.1) is 0 Å². The fourth-order valence-corrected chi connectivity index (χ4v) is 2.96. The van der Waals surface area contributed by atoms with Crippen LogP contribution in [0.25, 0.3) is 6.08 Å². The van der Waals surface area contributed by atoms with Gasteiger partial charge in [-0.1, -0.05) is 67.6 Å². The summed E-state index contributed by atoms with van der Waals surface area (Å²) in [6.07, 6.45) is 7.84. The molecule has 0 aliphatic rings. The van der Waals surface area contributed by atoms with Crippen LogP contribution in [0.5, 0.6) is 0 Å². The van der Waals surface area contributed by atoms with Crippen molar-refractivity contribution in [1.82, 2.24) is 19.7 Å². The summed E-state index contributed by atoms with van der Waals surface area (Å²) in [5.41, 5.74) is 1.15. The highest BCUT2D eigenvalue weighted by Crippen LogP contribution is 2.14. The SMILES string of the molecule is CCCCN(CC=Cc1ccccc1)C(=O)CSc1nncn1C. The molecule has 128 valence electrons. The number of thioether (sulfide) groups is 1. The fourth-order valence-electron chi connectivity index (χ4n) is 2.17. The average Bonchev–Trinajstić information content (AvgIpc) is 3.01. The molecule has 0 aliphatic heterocycles. The number of rotatable bonds is 9. The van der Waals surface area contributed by atoms with Crippen molar-refractivity contribution >= 4 is 23.7 Å². The molecule has 0 fully saturated rings. The van der Waals surface area contributed by atoms with Gasteiger partial charge in [0.25, 0.3) is 0 Å². The van der Waals surface area contributed by atoms with Crippen LogP contribution in [-0.4, -0.2) is 44.4 Å². The molecule has 0 N–H and O–H groups in total. The Bertz CT molecular complexity index is 654. The van der Waals surface area contributed by atoms with Crippen molar-refractivity contribution < 1.29 is 4.79 Å². The van der Waals surface area contributed by atoms with Gasteiger partial charge in [0.15, 0.2) is 5.16 Å². The van der Waals surface area contributed by atoms with E-state index in [-0.39, 0.29) is 5.91 Å². The summed E-state index contributed by atoms with van der Waals surface area (Å²) >= 11 is 1.43. The number of nitrogens with zero attached hydrogens (tertiary/aromatic N) is 4. The number of aromatic nitrogens is 3. The van der Waals surface area contributed by atoms with Crippen LogP contribution in [0.2, 0.25) is 0 Å². The van der Waals surface area contributed by atoms with E-state index >= 15 is 0 Å². The summed E-state index contributed by atoms with van der Waals surface area (Å²) in [5.74, 6) is 0.518. The van der Waals surface area contributed by atoms with E-state index in [1.807, 2.05) is 34.7 Å². The second-order valence-electron chi connectivity index (χ2n) is 5.52. The first kappa shape index (κ1) is 18.3. The molecule has 1 aromatic carbocycles. The monoisotopic (exact) mass is 344 g/mol. The number of unbranched alkanes of at least 4 members (excludes halogenated alkanes) is 1. The Morgan fingerprint density at radius 2 is 2.12 bits per heavy atom. The van der Waals surface area contributed by atoms with Gasteiger partial charge in [-0.25, -0.2) is 0 Å². The molecule has 5 nitrogen and oxygen atoms in total. The van der Waals surface area contributed by atoms with E-state index in [0.29, 0.717) is 12.3 Å². The van der Waals surface area contributed by atoms with Crippen LogP contribution >= 0.6 is 11.8 Å². The van der Waals surface area contributed by atoms with Crippen LogP contribution in [0.3, 0.4) is 0 Å². The van der Waals surface area contributed by atoms with E-state index in [2.05, 4.69) is 41.4 Å². The predicted octanol–water partition coefficient (Wildman–Crippen LogP) is 3.25. The molecule has 24 heavy (non-hydrogen) atoms. The zero-order chi connectivity index (χ0) is 17.2. The first-order chi connectivity index (χ1) is 11.7. The molecule has 0 bridgehead atoms. The van der Waals surface area contributed by atoms with Crippen molar-refractivity contribution in [1.29, 1.82) is 0 Å². The number of carbonyl (C=O) groups is 1. The topological polar surface area (TPSA) is 51.0 Å². The minimum absolute atomic E-state index is 0.133. The molecule has 2 aromatic rings. The molecule has 1 aromatic heterocycles. The minimum atomic E-state index is 0.133. The Labute approximate surface area is 147 Å². The highest BCUT2D eigenvalue weighted by molar-refractivity contribution is 7.99. The fraction of sp³-hybridized carbons (Fsp3) is 0.389. The lowest BCUT2D eigenvalue weighted by Crippen LogP contribution is -2.33. The van der Waals surface area contributed by atoms with Crippen molar-refractivity contribution in [2.24, 2.45) is 7.05 Å². The van der Waals surface area contributed by atoms with E-state index < -0.39 is 0 Å². The molecule has 0 spiro atoms. The molecule has 6 heteroatoms. The lowest BCUT2D eigenvalue weighted by Gasteiger charge is -2.20. The van der Waals surface area contributed by atoms with Crippen LogP contribution < -0.4 is 0 Å². The van der Waals surface area contributed by atoms with E-state index in [1.54, 1.807) is 6.33 Å². The maximum absolute atomic E-state index is 12.5. The number of benzene rings is 1. The Morgan fingerprint density at radius 3 is 2.79 bits per heavy atom. The smallest absolute Gasteiger partial charge is 0.233 e. The second-order valence-corrected chi connectivity index (χ2v) is 6.46. The number of hydrogen-bond donors (Lipinski definition) is 0. The van der Waals surface area contributed by atoms with Crippen LogP contribution in [-0.2, 0) is 11.8 Å². The minimum Gasteiger partial charge on any atom is -0.338 e. The van der Waals surface area contributed by atoms with Gasteiger partial charge in [-0.2, -0.15) is 0 Å². The summed E-state index contributed by atoms with van der Waals surface area (Å²) in [6, 6.07) is 10.1. The molecule has 0 aliphatic carbocycles. The third kappa shape index (κ3) is 5.85. The average molecular weight is 344 g/mol. The number of amides is 1. The summed E-state index contributed by atoms with van der Waals surface area (Å²) in [6.45, 7) is 3.55. The molecule has 1 amide bonds. The molecule has 0 atom stereocenters. The van der Waals surface area contributed by atoms with Gasteiger partial charge >= 0.3 is 0 Å². The molecule has 2 rings (SSSR count). The standard InChI is InChI=1S/C18H24N4OS/c1-3-4-12-22(13-8-11-16-9-6-5-7-10-16)17(23)14-24-18-20-19-15-21(18)2/h5-11,15H,3-4,12-14H2,1-2H3. The number of hydrogen-bond acceptors (Lipinski definition) is 4. The van der Waals surface area contributed by atoms with Gasteiger partial charge in [-0.05, 0) is 12.0 Å². The highest BCUT2D eigenvalue weighted by Gasteiger charge is 2.13. The number of carbonyl (C=O) groups excluding carboxylic acids is 1. The largest absolute Gasteiger partial charge is 0.338 e. The third-order valence-corrected chi connectivity index (χ3v) is 4.58. The zero-order valence-corrected chi connectivity index (χ0v) is 15.1. The maximum atomic E-state index is 12.5. The molecule has 0 unspecified atom stereocenters. The van der Waals surface area contributed by atoms with Crippen molar-refractivity contribution in [2.75, 3.05) is 18.8 Å². The maximum Gasteiger partial charge on any atom is 0.233 e. The number of aryl methyl sites for hydroxylation is 1. The van der Waals surface area contributed by atoms with Gasteiger partial charge in [-0.15, -0.1) is 10.2 Å². The van der Waals surface area contributed by atoms with Crippen LogP contribution in [0.1, 0.15) is 25.3 Å². The van der Waals surface area contributed by atoms with Gasteiger partial charge in [0, 0.05) is 20.1 Å². The van der Waals surface area contributed by atoms with Crippen molar-refractivity contribution in [3.63, 3.8) is 0 Å². The Balaban J connectivity index is 1.89. The quantitative estimate of drug-likeness (QED) is 0.655. The molecule has 0 saturated carbocycles.